The molecule has 0 aromatic heterocycles. The molecule has 0 saturated heterocycles. The van der Waals surface area contributed by atoms with Crippen molar-refractivity contribution in [3.05, 3.63) is 40.3 Å². The highest BCUT2D eigenvalue weighted by molar-refractivity contribution is 9.10. The molecular formula is C12H13BrClNO2. The van der Waals surface area contributed by atoms with Gasteiger partial charge in [0, 0.05) is 9.51 Å². The molecule has 92 valence electrons. The lowest BCUT2D eigenvalue weighted by Crippen LogP contribution is -2.36. The summed E-state index contributed by atoms with van der Waals surface area (Å²) in [5.74, 6) is 0.412. The fraction of sp³-hybridized carbons (Fsp3) is 0.250. The number of amides is 1. The molecule has 17 heavy (non-hydrogen) atoms. The van der Waals surface area contributed by atoms with Crippen LogP contribution in [-0.4, -0.2) is 18.6 Å². The zero-order valence-electron chi connectivity index (χ0n) is 9.37. The predicted octanol–water partition coefficient (Wildman–Crippen LogP) is 3.09. The minimum absolute atomic E-state index is 0.227. The van der Waals surface area contributed by atoms with Gasteiger partial charge in [0.05, 0.1) is 6.54 Å². The van der Waals surface area contributed by atoms with Gasteiger partial charge in [0.15, 0.2) is 6.10 Å². The van der Waals surface area contributed by atoms with Crippen molar-refractivity contribution >= 4 is 33.4 Å². The van der Waals surface area contributed by atoms with Crippen LogP contribution in [0.1, 0.15) is 6.92 Å². The van der Waals surface area contributed by atoms with E-state index in [0.29, 0.717) is 10.8 Å². The van der Waals surface area contributed by atoms with E-state index in [0.717, 1.165) is 4.47 Å². The first-order valence-corrected chi connectivity index (χ1v) is 6.19. The van der Waals surface area contributed by atoms with Gasteiger partial charge in [-0.1, -0.05) is 34.1 Å². The van der Waals surface area contributed by atoms with Crippen LogP contribution in [0.15, 0.2) is 40.3 Å². The van der Waals surface area contributed by atoms with Gasteiger partial charge in [-0.15, -0.1) is 0 Å². The number of ether oxygens (including phenoxy) is 1. The lowest BCUT2D eigenvalue weighted by molar-refractivity contribution is -0.127. The Labute approximate surface area is 114 Å². The van der Waals surface area contributed by atoms with Crippen LogP contribution >= 0.6 is 27.5 Å². The number of carbonyl (C=O) groups excluding carboxylic acids is 1. The average molecular weight is 319 g/mol. The van der Waals surface area contributed by atoms with Crippen LogP contribution in [0, 0.1) is 0 Å². The minimum Gasteiger partial charge on any atom is -0.481 e. The van der Waals surface area contributed by atoms with Gasteiger partial charge in [0.2, 0.25) is 0 Å². The monoisotopic (exact) mass is 317 g/mol. The molecule has 0 heterocycles. The predicted molar refractivity (Wildman–Crippen MR) is 72.2 cm³/mol. The third kappa shape index (κ3) is 5.24. The van der Waals surface area contributed by atoms with E-state index in [1.807, 2.05) is 12.1 Å². The molecule has 3 nitrogen and oxygen atoms in total. The number of halogens is 2. The molecule has 1 atom stereocenters. The van der Waals surface area contributed by atoms with E-state index in [4.69, 9.17) is 16.3 Å². The lowest BCUT2D eigenvalue weighted by atomic mass is 10.3. The van der Waals surface area contributed by atoms with E-state index < -0.39 is 6.10 Å². The quantitative estimate of drug-likeness (QED) is 0.906. The molecule has 5 heteroatoms. The van der Waals surface area contributed by atoms with Crippen molar-refractivity contribution in [3.63, 3.8) is 0 Å². The third-order valence-electron chi connectivity index (χ3n) is 1.95. The number of carbonyl (C=O) groups is 1. The highest BCUT2D eigenvalue weighted by atomic mass is 79.9. The normalized spacial score (nSPS) is 11.7. The first-order valence-electron chi connectivity index (χ1n) is 5.02. The summed E-state index contributed by atoms with van der Waals surface area (Å²) in [7, 11) is 0. The fourth-order valence-corrected chi connectivity index (χ4v) is 1.43. The first kappa shape index (κ1) is 14.1. The van der Waals surface area contributed by atoms with Crippen molar-refractivity contribution in [1.29, 1.82) is 0 Å². The Morgan fingerprint density at radius 2 is 2.12 bits per heavy atom. The molecule has 0 aliphatic rings. The summed E-state index contributed by atoms with van der Waals surface area (Å²) in [6.45, 7) is 5.40. The lowest BCUT2D eigenvalue weighted by Gasteiger charge is -2.14. The van der Waals surface area contributed by atoms with E-state index in [9.17, 15) is 4.79 Å². The van der Waals surface area contributed by atoms with Crippen LogP contribution in [0.4, 0.5) is 0 Å². The summed E-state index contributed by atoms with van der Waals surface area (Å²) in [6, 6.07) is 7.27. The molecule has 0 spiro atoms. The van der Waals surface area contributed by atoms with Gasteiger partial charge < -0.3 is 10.1 Å². The molecule has 0 aliphatic heterocycles. The highest BCUT2D eigenvalue weighted by Crippen LogP contribution is 2.17. The van der Waals surface area contributed by atoms with Gasteiger partial charge in [0.25, 0.3) is 5.91 Å². The summed E-state index contributed by atoms with van der Waals surface area (Å²) in [6.07, 6.45) is -0.577. The molecule has 1 aromatic rings. The van der Waals surface area contributed by atoms with Crippen LogP contribution in [0.3, 0.4) is 0 Å². The highest BCUT2D eigenvalue weighted by Gasteiger charge is 2.13. The maximum atomic E-state index is 11.6. The maximum Gasteiger partial charge on any atom is 0.261 e. The Morgan fingerprint density at radius 3 is 2.65 bits per heavy atom. The molecule has 0 saturated carbocycles. The van der Waals surface area contributed by atoms with E-state index in [2.05, 4.69) is 27.8 Å². The number of benzene rings is 1. The second-order valence-electron chi connectivity index (χ2n) is 3.45. The first-order chi connectivity index (χ1) is 7.99. The van der Waals surface area contributed by atoms with E-state index in [1.165, 1.54) is 0 Å². The summed E-state index contributed by atoms with van der Waals surface area (Å²) >= 11 is 8.87. The molecule has 1 aromatic carbocycles. The Bertz CT molecular complexity index is 405. The van der Waals surface area contributed by atoms with Crippen molar-refractivity contribution in [1.82, 2.24) is 5.32 Å². The van der Waals surface area contributed by atoms with Crippen molar-refractivity contribution in [3.8, 4) is 5.75 Å². The zero-order chi connectivity index (χ0) is 12.8. The van der Waals surface area contributed by atoms with Crippen LogP contribution in [0.5, 0.6) is 5.75 Å². The van der Waals surface area contributed by atoms with Crippen molar-refractivity contribution in [2.45, 2.75) is 13.0 Å². The molecule has 0 bridgehead atoms. The molecule has 1 rings (SSSR count). The van der Waals surface area contributed by atoms with Crippen molar-refractivity contribution in [2.75, 3.05) is 6.54 Å². The second-order valence-corrected chi connectivity index (χ2v) is 4.90. The molecule has 0 fully saturated rings. The smallest absolute Gasteiger partial charge is 0.261 e. The standard InChI is InChI=1S/C12H13BrClNO2/c1-8(14)7-15-12(16)9(2)17-11-5-3-10(13)4-6-11/h3-6,9H,1,7H2,2H3,(H,15,16). The Hall–Kier alpha value is -1.000. The average Bonchev–Trinajstić information content (AvgIpc) is 2.28. The van der Waals surface area contributed by atoms with Crippen molar-refractivity contribution in [2.24, 2.45) is 0 Å². The summed E-state index contributed by atoms with van der Waals surface area (Å²) < 4.78 is 6.42. The number of rotatable bonds is 5. The topological polar surface area (TPSA) is 38.3 Å². The van der Waals surface area contributed by atoms with Gasteiger partial charge >= 0.3 is 0 Å². The van der Waals surface area contributed by atoms with Gasteiger partial charge in [-0.3, -0.25) is 4.79 Å². The molecular weight excluding hydrogens is 305 g/mol. The van der Waals surface area contributed by atoms with E-state index in [1.54, 1.807) is 19.1 Å². The fourth-order valence-electron chi connectivity index (χ4n) is 1.10. The molecule has 0 aliphatic carbocycles. The Kier molecular flexibility index (Phi) is 5.51. The number of hydrogen-bond acceptors (Lipinski definition) is 2. The van der Waals surface area contributed by atoms with Gasteiger partial charge in [0.1, 0.15) is 5.75 Å². The Balaban J connectivity index is 2.48. The second kappa shape index (κ2) is 6.67. The maximum absolute atomic E-state index is 11.6. The third-order valence-corrected chi connectivity index (χ3v) is 2.61. The van der Waals surface area contributed by atoms with E-state index >= 15 is 0 Å². The molecule has 1 amide bonds. The summed E-state index contributed by atoms with van der Waals surface area (Å²) in [4.78, 5) is 11.6. The van der Waals surface area contributed by atoms with Gasteiger partial charge in [-0.2, -0.15) is 0 Å². The SMILES string of the molecule is C=C(Cl)CNC(=O)C(C)Oc1ccc(Br)cc1. The largest absolute Gasteiger partial charge is 0.481 e. The zero-order valence-corrected chi connectivity index (χ0v) is 11.7. The summed E-state index contributed by atoms with van der Waals surface area (Å²) in [5, 5.41) is 2.99. The summed E-state index contributed by atoms with van der Waals surface area (Å²) in [5.41, 5.74) is 0. The van der Waals surface area contributed by atoms with Crippen LogP contribution in [0.25, 0.3) is 0 Å². The van der Waals surface area contributed by atoms with Gasteiger partial charge in [-0.05, 0) is 31.2 Å². The van der Waals surface area contributed by atoms with Gasteiger partial charge in [-0.25, -0.2) is 0 Å². The van der Waals surface area contributed by atoms with Crippen LogP contribution < -0.4 is 10.1 Å². The van der Waals surface area contributed by atoms with Crippen LogP contribution in [-0.2, 0) is 4.79 Å². The molecule has 0 radical (unpaired) electrons. The van der Waals surface area contributed by atoms with Crippen LogP contribution in [0.2, 0.25) is 0 Å². The number of hydrogen-bond donors (Lipinski definition) is 1. The number of nitrogens with one attached hydrogen (secondary N) is 1. The van der Waals surface area contributed by atoms with Crippen molar-refractivity contribution < 1.29 is 9.53 Å². The molecule has 1 unspecified atom stereocenters. The van der Waals surface area contributed by atoms with E-state index in [-0.39, 0.29) is 12.5 Å². The Morgan fingerprint density at radius 1 is 1.53 bits per heavy atom. The minimum atomic E-state index is -0.577. The molecule has 1 N–H and O–H groups in total.